The number of nitrogens with one attached hydrogen (secondary N) is 2. The van der Waals surface area contributed by atoms with Gasteiger partial charge in [-0.2, -0.15) is 0 Å². The number of para-hydroxylation sites is 1. The van der Waals surface area contributed by atoms with Crippen LogP contribution in [0.5, 0.6) is 0 Å². The first kappa shape index (κ1) is 13.5. The number of hydrogen-bond donors (Lipinski definition) is 2. The Balaban J connectivity index is 1.91. The van der Waals surface area contributed by atoms with Gasteiger partial charge in [0.05, 0.1) is 6.54 Å². The van der Waals surface area contributed by atoms with E-state index >= 15 is 0 Å². The lowest BCUT2D eigenvalue weighted by molar-refractivity contribution is -0.114. The highest BCUT2D eigenvalue weighted by Gasteiger charge is 2.06. The van der Waals surface area contributed by atoms with E-state index in [4.69, 9.17) is 0 Å². The molecule has 2 N–H and O–H groups in total. The quantitative estimate of drug-likeness (QED) is 0.909. The fourth-order valence-electron chi connectivity index (χ4n) is 1.59. The Hall–Kier alpha value is -1.88. The number of aromatic nitrogens is 1. The van der Waals surface area contributed by atoms with Crippen LogP contribution < -0.4 is 10.6 Å². The van der Waals surface area contributed by atoms with Crippen molar-refractivity contribution in [2.45, 2.75) is 6.92 Å². The lowest BCUT2D eigenvalue weighted by Crippen LogP contribution is -2.22. The topological polar surface area (TPSA) is 54.0 Å². The molecule has 4 nitrogen and oxygen atoms in total. The number of hydrogen-bond acceptors (Lipinski definition) is 3. The summed E-state index contributed by atoms with van der Waals surface area (Å²) in [5.41, 5.74) is 1.83. The average Bonchev–Trinajstić information content (AvgIpc) is 2.41. The predicted octanol–water partition coefficient (Wildman–Crippen LogP) is 3.20. The zero-order chi connectivity index (χ0) is 13.7. The molecule has 1 aromatic heterocycles. The van der Waals surface area contributed by atoms with Crippen LogP contribution in [-0.4, -0.2) is 17.4 Å². The second-order valence-corrected chi connectivity index (χ2v) is 5.00. The summed E-state index contributed by atoms with van der Waals surface area (Å²) in [7, 11) is 0. The molecule has 2 aromatic rings. The standard InChI is InChI=1S/C14H14BrN3O/c1-10-7-11(15)8-17-14(10)18-13(19)9-16-12-5-3-2-4-6-12/h2-8,16H,9H2,1H3,(H,17,18,19). The molecule has 0 aliphatic carbocycles. The number of nitrogens with zero attached hydrogens (tertiary/aromatic N) is 1. The Morgan fingerprint density at radius 2 is 2.05 bits per heavy atom. The minimum Gasteiger partial charge on any atom is -0.376 e. The Kier molecular flexibility index (Phi) is 4.52. The maximum Gasteiger partial charge on any atom is 0.244 e. The van der Waals surface area contributed by atoms with Crippen LogP contribution in [0.1, 0.15) is 5.56 Å². The number of carbonyl (C=O) groups excluding carboxylic acids is 1. The third kappa shape index (κ3) is 4.06. The van der Waals surface area contributed by atoms with Crippen LogP contribution in [0.3, 0.4) is 0 Å². The van der Waals surface area contributed by atoms with Crippen molar-refractivity contribution in [2.24, 2.45) is 0 Å². The normalized spacial score (nSPS) is 10.0. The van der Waals surface area contributed by atoms with Crippen molar-refractivity contribution in [3.63, 3.8) is 0 Å². The molecule has 19 heavy (non-hydrogen) atoms. The van der Waals surface area contributed by atoms with Crippen LogP contribution in [0, 0.1) is 6.92 Å². The lowest BCUT2D eigenvalue weighted by Gasteiger charge is -2.09. The summed E-state index contributed by atoms with van der Waals surface area (Å²) >= 11 is 3.34. The molecule has 0 atom stereocenters. The number of anilines is 2. The van der Waals surface area contributed by atoms with E-state index in [1.807, 2.05) is 43.3 Å². The van der Waals surface area contributed by atoms with Crippen LogP contribution >= 0.6 is 15.9 Å². The van der Waals surface area contributed by atoms with Crippen LogP contribution in [0.2, 0.25) is 0 Å². The maximum absolute atomic E-state index is 11.8. The maximum atomic E-state index is 11.8. The van der Waals surface area contributed by atoms with E-state index in [1.54, 1.807) is 6.20 Å². The Labute approximate surface area is 120 Å². The van der Waals surface area contributed by atoms with Crippen LogP contribution in [0.25, 0.3) is 0 Å². The van der Waals surface area contributed by atoms with Gasteiger partial charge in [-0.3, -0.25) is 4.79 Å². The molecule has 0 aliphatic heterocycles. The highest BCUT2D eigenvalue weighted by atomic mass is 79.9. The largest absolute Gasteiger partial charge is 0.376 e. The predicted molar refractivity (Wildman–Crippen MR) is 80.2 cm³/mol. The molecule has 0 fully saturated rings. The average molecular weight is 320 g/mol. The number of benzene rings is 1. The Morgan fingerprint density at radius 3 is 2.74 bits per heavy atom. The molecule has 1 aromatic carbocycles. The highest BCUT2D eigenvalue weighted by Crippen LogP contribution is 2.16. The van der Waals surface area contributed by atoms with Gasteiger partial charge in [-0.25, -0.2) is 4.98 Å². The van der Waals surface area contributed by atoms with Crippen molar-refractivity contribution >= 4 is 33.3 Å². The van der Waals surface area contributed by atoms with Gasteiger partial charge < -0.3 is 10.6 Å². The third-order valence-corrected chi connectivity index (χ3v) is 2.96. The summed E-state index contributed by atoms with van der Waals surface area (Å²) in [6, 6.07) is 11.5. The van der Waals surface area contributed by atoms with E-state index in [-0.39, 0.29) is 12.5 Å². The van der Waals surface area contributed by atoms with Crippen LogP contribution in [0.15, 0.2) is 47.1 Å². The fourth-order valence-corrected chi connectivity index (χ4v) is 2.03. The summed E-state index contributed by atoms with van der Waals surface area (Å²) in [6.45, 7) is 2.11. The summed E-state index contributed by atoms with van der Waals surface area (Å²) in [4.78, 5) is 16.0. The monoisotopic (exact) mass is 319 g/mol. The smallest absolute Gasteiger partial charge is 0.244 e. The van der Waals surface area contributed by atoms with Gasteiger partial charge >= 0.3 is 0 Å². The van der Waals surface area contributed by atoms with Gasteiger partial charge in [0, 0.05) is 16.4 Å². The second kappa shape index (κ2) is 6.33. The van der Waals surface area contributed by atoms with Crippen molar-refractivity contribution in [1.29, 1.82) is 0 Å². The van der Waals surface area contributed by atoms with Gasteiger partial charge in [0.2, 0.25) is 5.91 Å². The Morgan fingerprint density at radius 1 is 1.32 bits per heavy atom. The molecule has 0 radical (unpaired) electrons. The van der Waals surface area contributed by atoms with Gasteiger partial charge in [0.1, 0.15) is 5.82 Å². The molecule has 2 rings (SSSR count). The van der Waals surface area contributed by atoms with Gasteiger partial charge in [-0.1, -0.05) is 18.2 Å². The molecule has 1 heterocycles. The molecule has 0 saturated carbocycles. The molecule has 0 saturated heterocycles. The van der Waals surface area contributed by atoms with Crippen molar-refractivity contribution in [3.05, 3.63) is 52.6 Å². The van der Waals surface area contributed by atoms with Crippen molar-refractivity contribution < 1.29 is 4.79 Å². The molecule has 0 unspecified atom stereocenters. The van der Waals surface area contributed by atoms with Crippen molar-refractivity contribution in [3.8, 4) is 0 Å². The molecule has 0 bridgehead atoms. The zero-order valence-corrected chi connectivity index (χ0v) is 12.1. The van der Waals surface area contributed by atoms with Crippen LogP contribution in [0.4, 0.5) is 11.5 Å². The molecule has 98 valence electrons. The number of halogens is 1. The number of rotatable bonds is 4. The first-order valence-corrected chi connectivity index (χ1v) is 6.65. The highest BCUT2D eigenvalue weighted by molar-refractivity contribution is 9.10. The van der Waals surface area contributed by atoms with E-state index < -0.39 is 0 Å². The van der Waals surface area contributed by atoms with Gasteiger partial charge in [0.25, 0.3) is 0 Å². The molecule has 1 amide bonds. The molecular formula is C14H14BrN3O. The van der Waals surface area contributed by atoms with Gasteiger partial charge in [-0.05, 0) is 46.6 Å². The number of carbonyl (C=O) groups is 1. The summed E-state index contributed by atoms with van der Waals surface area (Å²) < 4.78 is 0.894. The van der Waals surface area contributed by atoms with E-state index in [9.17, 15) is 4.79 Å². The fraction of sp³-hybridized carbons (Fsp3) is 0.143. The molecule has 5 heteroatoms. The molecule has 0 spiro atoms. The zero-order valence-electron chi connectivity index (χ0n) is 10.5. The van der Waals surface area contributed by atoms with E-state index in [2.05, 4.69) is 31.5 Å². The number of pyridine rings is 1. The van der Waals surface area contributed by atoms with Crippen molar-refractivity contribution in [2.75, 3.05) is 17.2 Å². The minimum absolute atomic E-state index is 0.123. The van der Waals surface area contributed by atoms with Gasteiger partial charge in [-0.15, -0.1) is 0 Å². The summed E-state index contributed by atoms with van der Waals surface area (Å²) in [5, 5.41) is 5.82. The first-order valence-electron chi connectivity index (χ1n) is 5.86. The van der Waals surface area contributed by atoms with Crippen molar-refractivity contribution in [1.82, 2.24) is 4.98 Å². The third-order valence-electron chi connectivity index (χ3n) is 2.53. The van der Waals surface area contributed by atoms with E-state index in [0.29, 0.717) is 5.82 Å². The number of aryl methyl sites for hydroxylation is 1. The summed E-state index contributed by atoms with van der Waals surface area (Å²) in [5.74, 6) is 0.463. The van der Waals surface area contributed by atoms with E-state index in [1.165, 1.54) is 0 Å². The Bertz CT molecular complexity index is 572. The van der Waals surface area contributed by atoms with Crippen LogP contribution in [-0.2, 0) is 4.79 Å². The molecular weight excluding hydrogens is 306 g/mol. The van der Waals surface area contributed by atoms with E-state index in [0.717, 1.165) is 15.7 Å². The first-order chi connectivity index (χ1) is 9.15. The summed E-state index contributed by atoms with van der Waals surface area (Å²) in [6.07, 6.45) is 1.66. The second-order valence-electron chi connectivity index (χ2n) is 4.09. The van der Waals surface area contributed by atoms with Gasteiger partial charge in [0.15, 0.2) is 0 Å². The SMILES string of the molecule is Cc1cc(Br)cnc1NC(=O)CNc1ccccc1. The lowest BCUT2D eigenvalue weighted by atomic mass is 10.3. The molecule has 0 aliphatic rings. The minimum atomic E-state index is -0.123. The number of amides is 1.